The zero-order valence-corrected chi connectivity index (χ0v) is 23.7. The van der Waals surface area contributed by atoms with Crippen LogP contribution in [0.4, 0.5) is 18.9 Å². The van der Waals surface area contributed by atoms with Crippen LogP contribution in [0.1, 0.15) is 35.4 Å². The lowest BCUT2D eigenvalue weighted by molar-refractivity contribution is -0.137. The van der Waals surface area contributed by atoms with E-state index in [1.807, 2.05) is 34.1 Å². The first-order valence-electron chi connectivity index (χ1n) is 13.7. The Bertz CT molecular complexity index is 1470. The van der Waals surface area contributed by atoms with Crippen LogP contribution in [0, 0.1) is 6.92 Å². The minimum atomic E-state index is -4.37. The van der Waals surface area contributed by atoms with Crippen molar-refractivity contribution >= 4 is 23.4 Å². The molecule has 5 rings (SSSR count). The highest BCUT2D eigenvalue weighted by atomic mass is 32.2. The number of alkyl halides is 3. The molecule has 1 saturated heterocycles. The first-order valence-corrected chi connectivity index (χ1v) is 14.6. The largest absolute Gasteiger partial charge is 0.416 e. The van der Waals surface area contributed by atoms with E-state index in [1.165, 1.54) is 12.1 Å². The zero-order chi connectivity index (χ0) is 28.8. The Balaban J connectivity index is 1.15. The van der Waals surface area contributed by atoms with Crippen LogP contribution >= 0.6 is 11.8 Å². The van der Waals surface area contributed by atoms with Crippen LogP contribution < -0.4 is 4.90 Å². The Morgan fingerprint density at radius 2 is 1.61 bits per heavy atom. The lowest BCUT2D eigenvalue weighted by Gasteiger charge is -2.36. The van der Waals surface area contributed by atoms with Gasteiger partial charge < -0.3 is 9.80 Å². The molecule has 4 aromatic rings. The van der Waals surface area contributed by atoms with Gasteiger partial charge in [-0.2, -0.15) is 13.2 Å². The van der Waals surface area contributed by atoms with Crippen molar-refractivity contribution in [3.8, 4) is 5.69 Å². The number of carbonyl (C=O) groups excluding carboxylic acids is 1. The monoisotopic (exact) mass is 579 g/mol. The van der Waals surface area contributed by atoms with E-state index < -0.39 is 11.7 Å². The van der Waals surface area contributed by atoms with E-state index in [-0.39, 0.29) is 5.91 Å². The van der Waals surface area contributed by atoms with Crippen LogP contribution in [0.5, 0.6) is 0 Å². The molecule has 0 atom stereocenters. The summed E-state index contributed by atoms with van der Waals surface area (Å²) in [5.41, 5.74) is 3.20. The van der Waals surface area contributed by atoms with Crippen molar-refractivity contribution in [2.45, 2.75) is 37.5 Å². The van der Waals surface area contributed by atoms with Crippen LogP contribution in [0.2, 0.25) is 0 Å². The number of thioether (sulfide) groups is 1. The Morgan fingerprint density at radius 3 is 2.34 bits per heavy atom. The summed E-state index contributed by atoms with van der Waals surface area (Å²) in [5.74, 6) is 1.64. The first-order chi connectivity index (χ1) is 19.8. The van der Waals surface area contributed by atoms with Crippen LogP contribution in [0.25, 0.3) is 5.69 Å². The standard InChI is InChI=1S/C31H32F3N5OS/c1-23-8-5-13-27(20-23)39-28(21-24-9-3-2-4-10-24)35-36-30(39)41-19-7-14-29(40)38-17-15-37(16-18-38)26-12-6-11-25(22-26)31(32,33)34/h2-6,8-13,20,22H,7,14-19,21H2,1H3. The third-order valence-corrected chi connectivity index (χ3v) is 8.12. The van der Waals surface area contributed by atoms with Gasteiger partial charge in [-0.05, 0) is 54.8 Å². The molecule has 6 nitrogen and oxygen atoms in total. The van der Waals surface area contributed by atoms with Crippen molar-refractivity contribution in [3.63, 3.8) is 0 Å². The minimum absolute atomic E-state index is 0.0687. The van der Waals surface area contributed by atoms with Gasteiger partial charge in [0.2, 0.25) is 5.91 Å². The molecule has 41 heavy (non-hydrogen) atoms. The Kier molecular flexibility index (Phi) is 8.97. The van der Waals surface area contributed by atoms with Gasteiger partial charge in [-0.25, -0.2) is 0 Å². The lowest BCUT2D eigenvalue weighted by atomic mass is 10.1. The van der Waals surface area contributed by atoms with E-state index in [2.05, 4.69) is 52.0 Å². The van der Waals surface area contributed by atoms with E-state index in [0.29, 0.717) is 56.9 Å². The normalized spacial score (nSPS) is 14.0. The van der Waals surface area contributed by atoms with Gasteiger partial charge in [0.1, 0.15) is 5.82 Å². The Hall–Kier alpha value is -3.79. The number of amides is 1. The van der Waals surface area contributed by atoms with Crippen molar-refractivity contribution in [3.05, 3.63) is 101 Å². The molecule has 0 radical (unpaired) electrons. The van der Waals surface area contributed by atoms with Gasteiger partial charge in [-0.1, -0.05) is 60.3 Å². The number of carbonyl (C=O) groups is 1. The molecule has 0 N–H and O–H groups in total. The van der Waals surface area contributed by atoms with Gasteiger partial charge in [0.25, 0.3) is 0 Å². The number of nitrogens with zero attached hydrogens (tertiary/aromatic N) is 5. The van der Waals surface area contributed by atoms with E-state index in [1.54, 1.807) is 17.8 Å². The molecule has 0 aliphatic carbocycles. The number of rotatable bonds is 9. The molecule has 214 valence electrons. The molecule has 3 aromatic carbocycles. The molecular formula is C31H32F3N5OS. The number of hydrogen-bond donors (Lipinski definition) is 0. The van der Waals surface area contributed by atoms with E-state index in [0.717, 1.165) is 33.9 Å². The van der Waals surface area contributed by atoms with Crippen molar-refractivity contribution < 1.29 is 18.0 Å². The smallest absolute Gasteiger partial charge is 0.368 e. The molecule has 1 aliphatic heterocycles. The van der Waals surface area contributed by atoms with Gasteiger partial charge in [0, 0.05) is 56.1 Å². The van der Waals surface area contributed by atoms with Gasteiger partial charge in [-0.15, -0.1) is 10.2 Å². The third kappa shape index (κ3) is 7.30. The van der Waals surface area contributed by atoms with Gasteiger partial charge in [-0.3, -0.25) is 9.36 Å². The predicted molar refractivity (Wildman–Crippen MR) is 156 cm³/mol. The summed E-state index contributed by atoms with van der Waals surface area (Å²) in [6.45, 7) is 4.05. The summed E-state index contributed by atoms with van der Waals surface area (Å²) in [6.07, 6.45) is -2.62. The van der Waals surface area contributed by atoms with Gasteiger partial charge in [0.05, 0.1) is 5.56 Å². The molecule has 0 spiro atoms. The minimum Gasteiger partial charge on any atom is -0.368 e. The fourth-order valence-corrected chi connectivity index (χ4v) is 5.86. The number of halogens is 3. The molecular weight excluding hydrogens is 547 g/mol. The molecule has 10 heteroatoms. The quantitative estimate of drug-likeness (QED) is 0.170. The van der Waals surface area contributed by atoms with E-state index in [9.17, 15) is 18.0 Å². The molecule has 0 bridgehead atoms. The van der Waals surface area contributed by atoms with Gasteiger partial charge >= 0.3 is 6.18 Å². The molecule has 1 fully saturated rings. The summed E-state index contributed by atoms with van der Waals surface area (Å²) in [5, 5.41) is 9.79. The second-order valence-electron chi connectivity index (χ2n) is 10.1. The SMILES string of the molecule is Cc1cccc(-n2c(Cc3ccccc3)nnc2SCCCC(=O)N2CCN(c3cccc(C(F)(F)F)c3)CC2)c1. The van der Waals surface area contributed by atoms with Crippen LogP contribution in [-0.4, -0.2) is 57.5 Å². The van der Waals surface area contributed by atoms with E-state index >= 15 is 0 Å². The second-order valence-corrected chi connectivity index (χ2v) is 11.2. The molecule has 1 aromatic heterocycles. The molecule has 1 aliphatic rings. The number of aromatic nitrogens is 3. The summed E-state index contributed by atoms with van der Waals surface area (Å²) in [4.78, 5) is 16.6. The number of piperazine rings is 1. The van der Waals surface area contributed by atoms with Crippen LogP contribution in [-0.2, 0) is 17.4 Å². The Labute approximate surface area is 242 Å². The average Bonchev–Trinajstić information content (AvgIpc) is 3.37. The highest BCUT2D eigenvalue weighted by Gasteiger charge is 2.31. The van der Waals surface area contributed by atoms with Crippen molar-refractivity contribution in [1.29, 1.82) is 0 Å². The lowest BCUT2D eigenvalue weighted by Crippen LogP contribution is -2.48. The second kappa shape index (κ2) is 12.8. The first kappa shape index (κ1) is 28.7. The maximum Gasteiger partial charge on any atom is 0.416 e. The van der Waals surface area contributed by atoms with Crippen molar-refractivity contribution in [1.82, 2.24) is 19.7 Å². The maximum atomic E-state index is 13.1. The molecule has 0 saturated carbocycles. The number of anilines is 1. The average molecular weight is 580 g/mol. The maximum absolute atomic E-state index is 13.1. The number of hydrogen-bond acceptors (Lipinski definition) is 5. The predicted octanol–water partition coefficient (Wildman–Crippen LogP) is 6.41. The highest BCUT2D eigenvalue weighted by molar-refractivity contribution is 7.99. The summed E-state index contributed by atoms with van der Waals surface area (Å²) in [6, 6.07) is 23.8. The van der Waals surface area contributed by atoms with Crippen molar-refractivity contribution in [2.24, 2.45) is 0 Å². The number of benzene rings is 3. The van der Waals surface area contributed by atoms with Crippen LogP contribution in [0.3, 0.4) is 0 Å². The topological polar surface area (TPSA) is 54.3 Å². The van der Waals surface area contributed by atoms with Gasteiger partial charge in [0.15, 0.2) is 5.16 Å². The van der Waals surface area contributed by atoms with E-state index in [4.69, 9.17) is 0 Å². The fraction of sp³-hybridized carbons (Fsp3) is 0.323. The molecule has 1 amide bonds. The van der Waals surface area contributed by atoms with Crippen LogP contribution in [0.15, 0.2) is 84.0 Å². The molecule has 0 unspecified atom stereocenters. The third-order valence-electron chi connectivity index (χ3n) is 7.10. The highest BCUT2D eigenvalue weighted by Crippen LogP contribution is 2.32. The summed E-state index contributed by atoms with van der Waals surface area (Å²) >= 11 is 1.59. The summed E-state index contributed by atoms with van der Waals surface area (Å²) < 4.78 is 41.4. The van der Waals surface area contributed by atoms with Crippen molar-refractivity contribution in [2.75, 3.05) is 36.8 Å². The molecule has 2 heterocycles. The number of aryl methyl sites for hydroxylation is 1. The summed E-state index contributed by atoms with van der Waals surface area (Å²) in [7, 11) is 0. The fourth-order valence-electron chi connectivity index (χ4n) is 4.95. The zero-order valence-electron chi connectivity index (χ0n) is 22.8. The Morgan fingerprint density at radius 1 is 0.878 bits per heavy atom.